The maximum absolute atomic E-state index is 10.9. The quantitative estimate of drug-likeness (QED) is 0.156. The molecule has 0 heterocycles. The monoisotopic (exact) mass is 652 g/mol. The second kappa shape index (κ2) is 17.1. The van der Waals surface area contributed by atoms with Crippen molar-refractivity contribution in [2.24, 2.45) is 20.5 Å². The topological polar surface area (TPSA) is 154 Å². The first-order chi connectivity index (χ1) is 22.4. The van der Waals surface area contributed by atoms with E-state index in [1.807, 2.05) is 97.1 Å². The average Bonchev–Trinajstić information content (AvgIpc) is 3.08. The Hall–Kier alpha value is -4.42. The third kappa shape index (κ3) is 8.93. The average molecular weight is 653 g/mol. The molecule has 48 heavy (non-hydrogen) atoms. The molecule has 0 aliphatic heterocycles. The van der Waals surface area contributed by atoms with Crippen LogP contribution < -0.4 is 80.0 Å². The fraction of sp³-hybridized carbons (Fsp3) is 0.0556. The van der Waals surface area contributed by atoms with Crippen molar-refractivity contribution in [3.63, 3.8) is 0 Å². The summed E-state index contributed by atoms with van der Waals surface area (Å²) in [7, 11) is 0. The van der Waals surface area contributed by atoms with Crippen LogP contribution in [0.25, 0.3) is 32.7 Å². The van der Waals surface area contributed by atoms with E-state index < -0.39 is 11.9 Å². The Labute approximate surface area is 320 Å². The predicted octanol–water partition coefficient (Wildman–Crippen LogP) is 0.822. The number of benzene rings is 6. The molecule has 0 aliphatic rings. The van der Waals surface area contributed by atoms with Gasteiger partial charge in [-0.25, -0.2) is 0 Å². The van der Waals surface area contributed by atoms with E-state index in [4.69, 9.17) is 0 Å². The van der Waals surface area contributed by atoms with Gasteiger partial charge in [0.1, 0.15) is 0 Å². The van der Waals surface area contributed by atoms with Gasteiger partial charge in [0.2, 0.25) is 0 Å². The van der Waals surface area contributed by atoms with Gasteiger partial charge in [-0.3, -0.25) is 0 Å². The van der Waals surface area contributed by atoms with Crippen molar-refractivity contribution in [2.45, 2.75) is 0 Å². The van der Waals surface area contributed by atoms with Crippen LogP contribution in [0.15, 0.2) is 142 Å². The van der Waals surface area contributed by atoms with Gasteiger partial charge in [-0.15, -0.1) is 10.2 Å². The van der Waals surface area contributed by atoms with Crippen LogP contribution in [0.2, 0.25) is 0 Å². The zero-order valence-corrected chi connectivity index (χ0v) is 30.4. The number of carboxylic acids is 2. The molecular weight excluding hydrogens is 626 g/mol. The van der Waals surface area contributed by atoms with Gasteiger partial charge < -0.3 is 30.4 Å². The molecule has 0 spiro atoms. The summed E-state index contributed by atoms with van der Waals surface area (Å²) in [6, 6.07) is 37.8. The number of fused-ring (bicyclic) bond motifs is 2. The van der Waals surface area contributed by atoms with Crippen molar-refractivity contribution in [2.75, 3.05) is 23.7 Å². The predicted molar refractivity (Wildman–Crippen MR) is 175 cm³/mol. The first kappa shape index (κ1) is 36.4. The van der Waals surface area contributed by atoms with Crippen LogP contribution >= 0.6 is 0 Å². The van der Waals surface area contributed by atoms with E-state index in [1.54, 1.807) is 24.3 Å². The van der Waals surface area contributed by atoms with E-state index in [1.165, 1.54) is 0 Å². The van der Waals surface area contributed by atoms with Crippen molar-refractivity contribution in [1.29, 1.82) is 0 Å². The standard InChI is InChI=1S/C36H28N6O4.2Na/c43-35(44)21-37-31-17-19-33(29-7-3-1-5-27(29)31)41-39-25-13-9-23(10-14-25)24-11-15-26(16-12-24)40-42-34-20-18-32(38-22-36(45)46)28-6-2-4-8-30(28)34;;/h1-20,37-38H,21-22H2,(H,43,44)(H,45,46);;/q;2*+1/p-2. The molecular formula is C36H26N6Na2O4. The molecule has 0 amide bonds. The number of anilines is 2. The van der Waals surface area contributed by atoms with E-state index in [-0.39, 0.29) is 72.2 Å². The molecule has 0 atom stereocenters. The van der Waals surface area contributed by atoms with Crippen LogP contribution in [0.4, 0.5) is 34.1 Å². The van der Waals surface area contributed by atoms with Crippen molar-refractivity contribution in [1.82, 2.24) is 0 Å². The third-order valence-corrected chi connectivity index (χ3v) is 7.26. The number of rotatable bonds is 11. The van der Waals surface area contributed by atoms with E-state index in [9.17, 15) is 19.8 Å². The fourth-order valence-corrected chi connectivity index (χ4v) is 5.05. The van der Waals surface area contributed by atoms with Gasteiger partial charge in [-0.1, -0.05) is 72.8 Å². The number of aliphatic carboxylic acids is 2. The number of nitrogens with zero attached hydrogens (tertiary/aromatic N) is 4. The summed E-state index contributed by atoms with van der Waals surface area (Å²) in [5.74, 6) is -2.36. The summed E-state index contributed by atoms with van der Waals surface area (Å²) < 4.78 is 0. The maximum atomic E-state index is 10.9. The Bertz CT molecular complexity index is 1970. The first-order valence-electron chi connectivity index (χ1n) is 14.4. The molecule has 12 heteroatoms. The molecule has 0 saturated heterocycles. The van der Waals surface area contributed by atoms with Crippen molar-refractivity contribution in [3.8, 4) is 11.1 Å². The molecule has 6 rings (SSSR count). The van der Waals surface area contributed by atoms with Crippen LogP contribution in [-0.2, 0) is 9.59 Å². The minimum Gasteiger partial charge on any atom is -0.548 e. The SMILES string of the molecule is O=C([O-])CNc1ccc(N=Nc2ccc(-c3ccc(N=Nc4ccc(NCC(=O)[O-])c5ccccc45)cc3)cc2)c2ccccc12.[Na+].[Na+]. The number of azo groups is 2. The Kier molecular flexibility index (Phi) is 13.0. The Morgan fingerprint density at radius 1 is 0.458 bits per heavy atom. The normalized spacial score (nSPS) is 10.9. The molecule has 0 fully saturated rings. The van der Waals surface area contributed by atoms with E-state index in [2.05, 4.69) is 31.1 Å². The summed E-state index contributed by atoms with van der Waals surface area (Å²) in [5.41, 5.74) is 6.08. The van der Waals surface area contributed by atoms with E-state index in [0.717, 1.165) is 32.7 Å². The van der Waals surface area contributed by atoms with E-state index >= 15 is 0 Å². The summed E-state index contributed by atoms with van der Waals surface area (Å²) >= 11 is 0. The zero-order chi connectivity index (χ0) is 31.9. The smallest absolute Gasteiger partial charge is 0.548 e. The minimum absolute atomic E-state index is 0. The Morgan fingerprint density at radius 2 is 0.812 bits per heavy atom. The Morgan fingerprint density at radius 3 is 1.17 bits per heavy atom. The number of carbonyl (C=O) groups is 2. The molecule has 6 aromatic carbocycles. The fourth-order valence-electron chi connectivity index (χ4n) is 5.05. The number of carboxylic acid groups (broad SMARTS) is 2. The van der Waals surface area contributed by atoms with Crippen LogP contribution in [0.1, 0.15) is 0 Å². The number of hydrogen-bond acceptors (Lipinski definition) is 10. The van der Waals surface area contributed by atoms with Gasteiger partial charge in [0.05, 0.1) is 47.8 Å². The number of nitrogens with one attached hydrogen (secondary N) is 2. The second-order valence-electron chi connectivity index (χ2n) is 10.3. The summed E-state index contributed by atoms with van der Waals surface area (Å²) in [4.78, 5) is 21.8. The second-order valence-corrected chi connectivity index (χ2v) is 10.3. The molecule has 6 aromatic rings. The zero-order valence-electron chi connectivity index (χ0n) is 26.4. The van der Waals surface area contributed by atoms with Gasteiger partial charge in [0, 0.05) is 32.9 Å². The Balaban J connectivity index is 0.00000260. The maximum Gasteiger partial charge on any atom is 1.00 e. The minimum atomic E-state index is -1.18. The molecule has 0 aliphatic carbocycles. The largest absolute Gasteiger partial charge is 1.00 e. The molecule has 0 bridgehead atoms. The van der Waals surface area contributed by atoms with Crippen LogP contribution in [0, 0.1) is 0 Å². The van der Waals surface area contributed by atoms with Crippen LogP contribution in [-0.4, -0.2) is 25.0 Å². The van der Waals surface area contributed by atoms with Crippen molar-refractivity contribution >= 4 is 67.6 Å². The van der Waals surface area contributed by atoms with Crippen molar-refractivity contribution < 1.29 is 78.9 Å². The van der Waals surface area contributed by atoms with Gasteiger partial charge in [-0.05, 0) is 59.7 Å². The summed E-state index contributed by atoms with van der Waals surface area (Å²) in [6.45, 7) is -0.573. The van der Waals surface area contributed by atoms with Gasteiger partial charge in [0.15, 0.2) is 0 Å². The number of hydrogen-bond donors (Lipinski definition) is 2. The number of carbonyl (C=O) groups excluding carboxylic acids is 2. The van der Waals surface area contributed by atoms with Crippen LogP contribution in [0.3, 0.4) is 0 Å². The third-order valence-electron chi connectivity index (χ3n) is 7.26. The molecule has 0 saturated carbocycles. The molecule has 10 nitrogen and oxygen atoms in total. The molecule has 0 unspecified atom stereocenters. The van der Waals surface area contributed by atoms with E-state index in [0.29, 0.717) is 34.1 Å². The van der Waals surface area contributed by atoms with Crippen molar-refractivity contribution in [3.05, 3.63) is 121 Å². The first-order valence-corrected chi connectivity index (χ1v) is 14.4. The van der Waals surface area contributed by atoms with Gasteiger partial charge in [0.25, 0.3) is 0 Å². The molecule has 2 N–H and O–H groups in total. The summed E-state index contributed by atoms with van der Waals surface area (Å²) in [6.07, 6.45) is 0. The molecule has 0 radical (unpaired) electrons. The molecule has 0 aromatic heterocycles. The van der Waals surface area contributed by atoms with Gasteiger partial charge in [-0.2, -0.15) is 10.2 Å². The summed E-state index contributed by atoms with van der Waals surface area (Å²) in [5, 5.41) is 48.6. The van der Waals surface area contributed by atoms with Gasteiger partial charge >= 0.3 is 59.1 Å². The molecule has 226 valence electrons. The van der Waals surface area contributed by atoms with Crippen LogP contribution in [0.5, 0.6) is 0 Å².